The van der Waals surface area contributed by atoms with Crippen LogP contribution in [0.4, 0.5) is 5.69 Å². The first-order valence-corrected chi connectivity index (χ1v) is 8.46. The number of anilines is 1. The highest BCUT2D eigenvalue weighted by molar-refractivity contribution is 7.90. The molecule has 0 aliphatic carbocycles. The van der Waals surface area contributed by atoms with E-state index in [1.54, 1.807) is 12.1 Å². The van der Waals surface area contributed by atoms with Crippen LogP contribution in [0.25, 0.3) is 0 Å². The summed E-state index contributed by atoms with van der Waals surface area (Å²) in [5, 5.41) is 3.45. The van der Waals surface area contributed by atoms with Crippen LogP contribution < -0.4 is 5.32 Å². The average Bonchev–Trinajstić information content (AvgIpc) is 2.26. The molecule has 1 aromatic carbocycles. The fourth-order valence-electron chi connectivity index (χ4n) is 2.56. The van der Waals surface area contributed by atoms with E-state index in [4.69, 9.17) is 4.74 Å². The van der Waals surface area contributed by atoms with Gasteiger partial charge < -0.3 is 10.1 Å². The maximum atomic E-state index is 11.4. The second kappa shape index (κ2) is 5.51. The highest BCUT2D eigenvalue weighted by Gasteiger charge is 2.24. The Morgan fingerprint density at radius 1 is 1.11 bits per heavy atom. The van der Waals surface area contributed by atoms with E-state index < -0.39 is 9.84 Å². The predicted octanol–water partition coefficient (Wildman–Crippen LogP) is 2.46. The van der Waals surface area contributed by atoms with E-state index in [1.807, 2.05) is 12.1 Å². The van der Waals surface area contributed by atoms with Gasteiger partial charge in [-0.25, -0.2) is 8.42 Å². The molecular formula is C14H21NO3S. The van der Waals surface area contributed by atoms with Crippen molar-refractivity contribution >= 4 is 15.5 Å². The van der Waals surface area contributed by atoms with Crippen LogP contribution in [0.3, 0.4) is 0 Å². The highest BCUT2D eigenvalue weighted by atomic mass is 32.2. The first-order valence-electron chi connectivity index (χ1n) is 6.56. The van der Waals surface area contributed by atoms with E-state index >= 15 is 0 Å². The van der Waals surface area contributed by atoms with Gasteiger partial charge in [0.25, 0.3) is 0 Å². The molecule has 0 radical (unpaired) electrons. The molecule has 1 saturated heterocycles. The molecule has 0 aromatic heterocycles. The number of benzene rings is 1. The molecule has 1 aliphatic heterocycles. The molecule has 106 valence electrons. The van der Waals surface area contributed by atoms with Crippen LogP contribution in [-0.2, 0) is 14.6 Å². The van der Waals surface area contributed by atoms with Gasteiger partial charge in [-0.15, -0.1) is 0 Å². The topological polar surface area (TPSA) is 55.4 Å². The Kier molecular flexibility index (Phi) is 4.16. The van der Waals surface area contributed by atoms with Crippen molar-refractivity contribution in [1.82, 2.24) is 0 Å². The number of rotatable bonds is 3. The van der Waals surface area contributed by atoms with Crippen LogP contribution >= 0.6 is 0 Å². The summed E-state index contributed by atoms with van der Waals surface area (Å²) >= 11 is 0. The average molecular weight is 283 g/mol. The van der Waals surface area contributed by atoms with Crippen molar-refractivity contribution in [3.63, 3.8) is 0 Å². The molecule has 5 heteroatoms. The summed E-state index contributed by atoms with van der Waals surface area (Å²) in [6, 6.07) is 7.30. The molecule has 1 N–H and O–H groups in total. The van der Waals surface area contributed by atoms with Gasteiger partial charge in [0.1, 0.15) is 0 Å². The van der Waals surface area contributed by atoms with Crippen molar-refractivity contribution in [2.75, 3.05) is 11.6 Å². The number of hydrogen-bond donors (Lipinski definition) is 1. The Labute approximate surface area is 115 Å². The van der Waals surface area contributed by atoms with Crippen LogP contribution in [0, 0.1) is 0 Å². The molecule has 1 fully saturated rings. The zero-order valence-electron chi connectivity index (χ0n) is 11.6. The van der Waals surface area contributed by atoms with Gasteiger partial charge in [-0.2, -0.15) is 0 Å². The predicted molar refractivity (Wildman–Crippen MR) is 76.2 cm³/mol. The van der Waals surface area contributed by atoms with Crippen molar-refractivity contribution in [1.29, 1.82) is 0 Å². The molecule has 1 aliphatic rings. The molecular weight excluding hydrogens is 262 g/mol. The molecule has 2 atom stereocenters. The second-order valence-electron chi connectivity index (χ2n) is 5.37. The molecule has 2 unspecified atom stereocenters. The summed E-state index contributed by atoms with van der Waals surface area (Å²) in [6.07, 6.45) is 3.68. The summed E-state index contributed by atoms with van der Waals surface area (Å²) in [7, 11) is -3.12. The van der Waals surface area contributed by atoms with Crippen molar-refractivity contribution < 1.29 is 13.2 Å². The minimum Gasteiger partial charge on any atom is -0.382 e. The van der Waals surface area contributed by atoms with E-state index in [2.05, 4.69) is 19.2 Å². The van der Waals surface area contributed by atoms with Gasteiger partial charge in [-0.05, 0) is 51.0 Å². The summed E-state index contributed by atoms with van der Waals surface area (Å²) in [5.74, 6) is 0. The van der Waals surface area contributed by atoms with Crippen molar-refractivity contribution in [2.45, 2.75) is 49.8 Å². The standard InChI is InChI=1S/C14H21NO3S/c1-10-8-13(9-11(2)18-10)15-12-4-6-14(7-5-12)19(3,16)17/h4-7,10-11,13,15H,8-9H2,1-3H3. The van der Waals surface area contributed by atoms with E-state index in [0.717, 1.165) is 18.5 Å². The highest BCUT2D eigenvalue weighted by Crippen LogP contribution is 2.23. The van der Waals surface area contributed by atoms with Gasteiger partial charge in [0.05, 0.1) is 17.1 Å². The fraction of sp³-hybridized carbons (Fsp3) is 0.571. The third kappa shape index (κ3) is 3.94. The number of ether oxygens (including phenoxy) is 1. The van der Waals surface area contributed by atoms with Gasteiger partial charge in [-0.3, -0.25) is 0 Å². The zero-order chi connectivity index (χ0) is 14.0. The third-order valence-corrected chi connectivity index (χ3v) is 4.48. The summed E-state index contributed by atoms with van der Waals surface area (Å²) in [4.78, 5) is 0.353. The SMILES string of the molecule is CC1CC(Nc2ccc(S(C)(=O)=O)cc2)CC(C)O1. The number of sulfone groups is 1. The van der Waals surface area contributed by atoms with Crippen molar-refractivity contribution in [3.05, 3.63) is 24.3 Å². The second-order valence-corrected chi connectivity index (χ2v) is 7.38. The molecule has 0 spiro atoms. The lowest BCUT2D eigenvalue weighted by molar-refractivity contribution is -0.0337. The minimum absolute atomic E-state index is 0.261. The molecule has 1 aromatic rings. The van der Waals surface area contributed by atoms with Crippen LogP contribution in [0.15, 0.2) is 29.2 Å². The lowest BCUT2D eigenvalue weighted by atomic mass is 9.99. The van der Waals surface area contributed by atoms with Gasteiger partial charge in [0.2, 0.25) is 0 Å². The Morgan fingerprint density at radius 2 is 1.63 bits per heavy atom. The molecule has 2 rings (SSSR count). The maximum Gasteiger partial charge on any atom is 0.175 e. The van der Waals surface area contributed by atoms with E-state index in [-0.39, 0.29) is 12.2 Å². The first kappa shape index (κ1) is 14.3. The van der Waals surface area contributed by atoms with Crippen molar-refractivity contribution in [3.8, 4) is 0 Å². The van der Waals surface area contributed by atoms with Gasteiger partial charge in [0.15, 0.2) is 9.84 Å². The lowest BCUT2D eigenvalue weighted by Gasteiger charge is -2.33. The maximum absolute atomic E-state index is 11.4. The largest absolute Gasteiger partial charge is 0.382 e. The first-order chi connectivity index (χ1) is 8.84. The lowest BCUT2D eigenvalue weighted by Crippen LogP contribution is -2.36. The van der Waals surface area contributed by atoms with Gasteiger partial charge in [-0.1, -0.05) is 0 Å². The van der Waals surface area contributed by atoms with Gasteiger partial charge in [0, 0.05) is 18.0 Å². The van der Waals surface area contributed by atoms with E-state index in [1.165, 1.54) is 6.26 Å². The molecule has 0 amide bonds. The molecule has 4 nitrogen and oxygen atoms in total. The summed E-state index contributed by atoms with van der Waals surface area (Å²) in [5.41, 5.74) is 0.957. The summed E-state index contributed by atoms with van der Waals surface area (Å²) in [6.45, 7) is 4.16. The molecule has 0 saturated carbocycles. The Balaban J connectivity index is 2.03. The van der Waals surface area contributed by atoms with Crippen LogP contribution in [0.2, 0.25) is 0 Å². The van der Waals surface area contributed by atoms with Gasteiger partial charge >= 0.3 is 0 Å². The Bertz CT molecular complexity index is 514. The quantitative estimate of drug-likeness (QED) is 0.926. The van der Waals surface area contributed by atoms with Crippen LogP contribution in [0.5, 0.6) is 0 Å². The smallest absolute Gasteiger partial charge is 0.175 e. The Morgan fingerprint density at radius 3 is 2.11 bits per heavy atom. The number of nitrogens with one attached hydrogen (secondary N) is 1. The summed E-state index contributed by atoms with van der Waals surface area (Å²) < 4.78 is 28.5. The molecule has 19 heavy (non-hydrogen) atoms. The monoisotopic (exact) mass is 283 g/mol. The minimum atomic E-state index is -3.12. The van der Waals surface area contributed by atoms with E-state index in [0.29, 0.717) is 10.9 Å². The van der Waals surface area contributed by atoms with Crippen LogP contribution in [0.1, 0.15) is 26.7 Å². The molecule has 0 bridgehead atoms. The van der Waals surface area contributed by atoms with Crippen molar-refractivity contribution in [2.24, 2.45) is 0 Å². The fourth-order valence-corrected chi connectivity index (χ4v) is 3.19. The van der Waals surface area contributed by atoms with E-state index in [9.17, 15) is 8.42 Å². The zero-order valence-corrected chi connectivity index (χ0v) is 12.4. The number of hydrogen-bond acceptors (Lipinski definition) is 4. The molecule has 1 heterocycles. The van der Waals surface area contributed by atoms with Crippen LogP contribution in [-0.4, -0.2) is 32.9 Å². The third-order valence-electron chi connectivity index (χ3n) is 3.35. The normalized spacial score (nSPS) is 28.1. The Hall–Kier alpha value is -1.07.